The van der Waals surface area contributed by atoms with Crippen LogP contribution in [0.1, 0.15) is 19.8 Å². The third-order valence-corrected chi connectivity index (χ3v) is 8.12. The van der Waals surface area contributed by atoms with E-state index in [1.54, 1.807) is 41.5 Å². The highest BCUT2D eigenvalue weighted by molar-refractivity contribution is 7.91. The van der Waals surface area contributed by atoms with E-state index in [-0.39, 0.29) is 27.9 Å². The van der Waals surface area contributed by atoms with Crippen LogP contribution in [0.5, 0.6) is 0 Å². The number of amides is 2. The van der Waals surface area contributed by atoms with E-state index in [1.165, 1.54) is 16.3 Å². The number of anilines is 1. The van der Waals surface area contributed by atoms with Crippen LogP contribution in [-0.2, 0) is 19.6 Å². The molecule has 1 unspecified atom stereocenters. The van der Waals surface area contributed by atoms with E-state index in [1.807, 2.05) is 18.2 Å². The van der Waals surface area contributed by atoms with Crippen LogP contribution in [0.3, 0.4) is 0 Å². The van der Waals surface area contributed by atoms with E-state index in [2.05, 4.69) is 15.1 Å². The van der Waals surface area contributed by atoms with Gasteiger partial charge in [0, 0.05) is 19.1 Å². The van der Waals surface area contributed by atoms with Crippen molar-refractivity contribution in [3.05, 3.63) is 47.8 Å². The Balaban J connectivity index is 1.39. The Bertz CT molecular complexity index is 1080. The first-order valence-electron chi connectivity index (χ1n) is 9.94. The molecule has 2 amide bonds. The van der Waals surface area contributed by atoms with E-state index in [0.717, 1.165) is 0 Å². The molecule has 2 aliphatic heterocycles. The minimum atomic E-state index is -3.54. The largest absolute Gasteiger partial charge is 0.336 e. The number of hydrogen-bond acceptors (Lipinski definition) is 7. The molecule has 1 aromatic heterocycles. The number of sulfonamides is 1. The predicted molar refractivity (Wildman–Crippen MR) is 118 cm³/mol. The van der Waals surface area contributed by atoms with Crippen molar-refractivity contribution in [3.8, 4) is 0 Å². The number of nitrogens with zero attached hydrogens (tertiary/aromatic N) is 3. The first kappa shape index (κ1) is 21.5. The van der Waals surface area contributed by atoms with Gasteiger partial charge < -0.3 is 4.90 Å². The molecule has 1 saturated heterocycles. The number of hydrogen-bond donors (Lipinski definition) is 2. The van der Waals surface area contributed by atoms with Gasteiger partial charge in [-0.05, 0) is 43.3 Å². The lowest BCUT2D eigenvalue weighted by Crippen LogP contribution is -2.59. The van der Waals surface area contributed by atoms with Crippen molar-refractivity contribution in [2.45, 2.75) is 36.1 Å². The molecule has 164 valence electrons. The minimum absolute atomic E-state index is 0.105. The molecule has 31 heavy (non-hydrogen) atoms. The number of benzene rings is 1. The Kier molecular flexibility index (Phi) is 6.08. The molecule has 4 rings (SSSR count). The van der Waals surface area contributed by atoms with Crippen LogP contribution in [0, 0.1) is 0 Å². The predicted octanol–water partition coefficient (Wildman–Crippen LogP) is 1.36. The minimum Gasteiger partial charge on any atom is -0.336 e. The lowest BCUT2D eigenvalue weighted by molar-refractivity contribution is -0.125. The Morgan fingerprint density at radius 3 is 2.52 bits per heavy atom. The molecule has 0 aliphatic carbocycles. The van der Waals surface area contributed by atoms with Gasteiger partial charge in [0.1, 0.15) is 10.3 Å². The molecule has 0 saturated carbocycles. The molecule has 0 bridgehead atoms. The molecule has 0 radical (unpaired) electrons. The molecular weight excluding hydrogens is 438 g/mol. The van der Waals surface area contributed by atoms with Gasteiger partial charge in [-0.15, -0.1) is 11.3 Å². The number of thiophene rings is 1. The number of carbonyl (C=O) groups is 2. The molecule has 1 atom stereocenters. The number of para-hydroxylation sites is 1. The zero-order chi connectivity index (χ0) is 22.0. The first-order chi connectivity index (χ1) is 14.8. The van der Waals surface area contributed by atoms with Crippen LogP contribution in [-0.4, -0.2) is 56.1 Å². The van der Waals surface area contributed by atoms with Gasteiger partial charge in [0.05, 0.1) is 5.69 Å². The quantitative estimate of drug-likeness (QED) is 0.698. The van der Waals surface area contributed by atoms with E-state index in [4.69, 9.17) is 0 Å². The monoisotopic (exact) mass is 461 g/mol. The van der Waals surface area contributed by atoms with E-state index < -0.39 is 16.1 Å². The van der Waals surface area contributed by atoms with Crippen LogP contribution in [0.2, 0.25) is 0 Å². The second-order valence-electron chi connectivity index (χ2n) is 7.39. The number of hydrazine groups is 1. The van der Waals surface area contributed by atoms with Crippen molar-refractivity contribution in [2.75, 3.05) is 18.1 Å². The smallest absolute Gasteiger partial charge is 0.290 e. The number of nitrogens with one attached hydrogen (secondary N) is 2. The highest BCUT2D eigenvalue weighted by Gasteiger charge is 2.34. The van der Waals surface area contributed by atoms with Crippen molar-refractivity contribution in [1.82, 2.24) is 15.0 Å². The van der Waals surface area contributed by atoms with Gasteiger partial charge in [0.25, 0.3) is 11.8 Å². The lowest BCUT2D eigenvalue weighted by atomic mass is 10.1. The SMILES string of the molecule is CC1N=C(C(=O)N2CCC(NS(=O)(=O)c3cccs3)CC2)NN(c2ccccc2)C1=O. The van der Waals surface area contributed by atoms with Gasteiger partial charge in [-0.25, -0.2) is 23.1 Å². The van der Waals surface area contributed by atoms with Crippen molar-refractivity contribution in [1.29, 1.82) is 0 Å². The van der Waals surface area contributed by atoms with Crippen molar-refractivity contribution >= 4 is 44.7 Å². The van der Waals surface area contributed by atoms with Crippen LogP contribution >= 0.6 is 11.3 Å². The highest BCUT2D eigenvalue weighted by Crippen LogP contribution is 2.20. The van der Waals surface area contributed by atoms with Crippen LogP contribution in [0.15, 0.2) is 57.0 Å². The molecule has 2 N–H and O–H groups in total. The summed E-state index contributed by atoms with van der Waals surface area (Å²) in [4.78, 5) is 31.4. The standard InChI is InChI=1S/C20H23N5O4S2/c1-14-19(26)25(16-6-3-2-4-7-16)22-18(21-14)20(27)24-11-9-15(10-12-24)23-31(28,29)17-8-5-13-30-17/h2-8,13-15,23H,9-12H2,1H3,(H,21,22). The van der Waals surface area contributed by atoms with Gasteiger partial charge in [-0.3, -0.25) is 15.0 Å². The Morgan fingerprint density at radius 2 is 1.87 bits per heavy atom. The normalized spacial score (nSPS) is 20.4. The molecule has 2 aliphatic rings. The summed E-state index contributed by atoms with van der Waals surface area (Å²) in [5.41, 5.74) is 3.47. The summed E-state index contributed by atoms with van der Waals surface area (Å²) in [5.74, 6) is -0.446. The maximum absolute atomic E-state index is 13.0. The summed E-state index contributed by atoms with van der Waals surface area (Å²) >= 11 is 1.17. The topological polar surface area (TPSA) is 111 Å². The summed E-state index contributed by atoms with van der Waals surface area (Å²) in [6.45, 7) is 2.44. The fraction of sp³-hybridized carbons (Fsp3) is 0.350. The molecule has 1 fully saturated rings. The molecule has 9 nitrogen and oxygen atoms in total. The Labute approximate surface area is 184 Å². The summed E-state index contributed by atoms with van der Waals surface area (Å²) < 4.78 is 27.8. The Hall–Kier alpha value is -2.76. The van der Waals surface area contributed by atoms with Crippen LogP contribution in [0.4, 0.5) is 5.69 Å². The Morgan fingerprint density at radius 1 is 1.16 bits per heavy atom. The molecule has 3 heterocycles. The molecule has 0 spiro atoms. The van der Waals surface area contributed by atoms with Crippen molar-refractivity contribution < 1.29 is 18.0 Å². The second-order valence-corrected chi connectivity index (χ2v) is 10.3. The molecule has 2 aromatic rings. The van der Waals surface area contributed by atoms with Crippen molar-refractivity contribution in [2.24, 2.45) is 4.99 Å². The third-order valence-electron chi connectivity index (χ3n) is 5.20. The maximum atomic E-state index is 13.0. The number of piperidine rings is 1. The summed E-state index contributed by atoms with van der Waals surface area (Å²) in [7, 11) is -3.54. The molecular formula is C20H23N5O4S2. The fourth-order valence-corrected chi connectivity index (χ4v) is 5.86. The third kappa shape index (κ3) is 4.63. The summed E-state index contributed by atoms with van der Waals surface area (Å²) in [6.07, 6.45) is 1.00. The zero-order valence-corrected chi connectivity index (χ0v) is 18.5. The van der Waals surface area contributed by atoms with Gasteiger partial charge in [0.15, 0.2) is 0 Å². The van der Waals surface area contributed by atoms with E-state index in [9.17, 15) is 18.0 Å². The van der Waals surface area contributed by atoms with Gasteiger partial charge in [-0.1, -0.05) is 24.3 Å². The summed E-state index contributed by atoms with van der Waals surface area (Å²) in [5, 5.41) is 3.06. The van der Waals surface area contributed by atoms with Gasteiger partial charge in [-0.2, -0.15) is 0 Å². The lowest BCUT2D eigenvalue weighted by Gasteiger charge is -2.35. The van der Waals surface area contributed by atoms with Crippen LogP contribution < -0.4 is 15.2 Å². The van der Waals surface area contributed by atoms with Gasteiger partial charge in [0.2, 0.25) is 15.9 Å². The number of aliphatic imine (C=N–C) groups is 1. The zero-order valence-electron chi connectivity index (χ0n) is 16.9. The maximum Gasteiger partial charge on any atom is 0.290 e. The van der Waals surface area contributed by atoms with E-state index in [0.29, 0.717) is 31.6 Å². The fourth-order valence-electron chi connectivity index (χ4n) is 3.54. The number of carbonyl (C=O) groups excluding carboxylic acids is 2. The number of amidine groups is 1. The molecule has 1 aromatic carbocycles. The average molecular weight is 462 g/mol. The summed E-state index contributed by atoms with van der Waals surface area (Å²) in [6, 6.07) is 11.4. The van der Waals surface area contributed by atoms with Gasteiger partial charge >= 0.3 is 0 Å². The number of likely N-dealkylation sites (tertiary alicyclic amines) is 1. The molecule has 11 heteroatoms. The highest BCUT2D eigenvalue weighted by atomic mass is 32.2. The second kappa shape index (κ2) is 8.77. The number of rotatable bonds is 5. The van der Waals surface area contributed by atoms with Crippen LogP contribution in [0.25, 0.3) is 0 Å². The first-order valence-corrected chi connectivity index (χ1v) is 12.3. The average Bonchev–Trinajstić information content (AvgIpc) is 3.32. The van der Waals surface area contributed by atoms with Crippen molar-refractivity contribution in [3.63, 3.8) is 0 Å². The van der Waals surface area contributed by atoms with E-state index >= 15 is 0 Å².